The molecular formula is C16H16N2O2. The maximum absolute atomic E-state index is 9.00. The third-order valence-electron chi connectivity index (χ3n) is 3.06. The number of nitrogens with two attached hydrogens (primary N) is 1. The van der Waals surface area contributed by atoms with Crippen LogP contribution in [0.3, 0.4) is 0 Å². The van der Waals surface area contributed by atoms with Crippen molar-refractivity contribution in [2.75, 3.05) is 20.0 Å². The zero-order valence-electron chi connectivity index (χ0n) is 11.5. The van der Waals surface area contributed by atoms with Crippen molar-refractivity contribution in [3.05, 3.63) is 53.1 Å². The fourth-order valence-electron chi connectivity index (χ4n) is 2.01. The summed E-state index contributed by atoms with van der Waals surface area (Å²) in [4.78, 5) is 0. The van der Waals surface area contributed by atoms with Crippen LogP contribution in [-0.4, -0.2) is 14.2 Å². The van der Waals surface area contributed by atoms with E-state index in [4.69, 9.17) is 20.5 Å². The van der Waals surface area contributed by atoms with Crippen molar-refractivity contribution in [3.8, 4) is 17.6 Å². The average Bonchev–Trinajstić information content (AvgIpc) is 2.48. The van der Waals surface area contributed by atoms with Crippen LogP contribution >= 0.6 is 0 Å². The van der Waals surface area contributed by atoms with E-state index in [9.17, 15) is 0 Å². The first-order valence-electron chi connectivity index (χ1n) is 6.16. The minimum absolute atomic E-state index is 0.498. The first-order chi connectivity index (χ1) is 9.66. The molecule has 0 aromatic heterocycles. The summed E-state index contributed by atoms with van der Waals surface area (Å²) >= 11 is 0. The molecule has 2 aromatic rings. The van der Waals surface area contributed by atoms with Crippen LogP contribution in [0.25, 0.3) is 0 Å². The van der Waals surface area contributed by atoms with Crippen LogP contribution in [0.1, 0.15) is 16.7 Å². The van der Waals surface area contributed by atoms with Crippen LogP contribution in [0.15, 0.2) is 36.4 Å². The Kier molecular flexibility index (Phi) is 4.11. The minimum atomic E-state index is 0.498. The number of anilines is 1. The fourth-order valence-corrected chi connectivity index (χ4v) is 2.01. The van der Waals surface area contributed by atoms with Crippen molar-refractivity contribution in [3.63, 3.8) is 0 Å². The molecule has 0 amide bonds. The molecule has 2 rings (SSSR count). The van der Waals surface area contributed by atoms with Gasteiger partial charge in [-0.1, -0.05) is 6.07 Å². The second-order valence-electron chi connectivity index (χ2n) is 4.43. The van der Waals surface area contributed by atoms with Crippen LogP contribution in [-0.2, 0) is 6.42 Å². The lowest BCUT2D eigenvalue weighted by molar-refractivity contribution is 0.393. The number of hydrogen-bond donors (Lipinski definition) is 1. The predicted molar refractivity (Wildman–Crippen MR) is 77.9 cm³/mol. The molecule has 0 bridgehead atoms. The number of nitrogens with zero attached hydrogens (tertiary/aromatic N) is 1. The molecule has 102 valence electrons. The number of hydrogen-bond acceptors (Lipinski definition) is 4. The number of benzene rings is 2. The molecule has 0 spiro atoms. The highest BCUT2D eigenvalue weighted by Crippen LogP contribution is 2.25. The molecule has 0 fully saturated rings. The molecule has 2 aromatic carbocycles. The first kappa shape index (κ1) is 13.8. The van der Waals surface area contributed by atoms with Gasteiger partial charge in [0.15, 0.2) is 0 Å². The van der Waals surface area contributed by atoms with Crippen molar-refractivity contribution < 1.29 is 9.47 Å². The van der Waals surface area contributed by atoms with Gasteiger partial charge in [-0.25, -0.2) is 0 Å². The van der Waals surface area contributed by atoms with E-state index < -0.39 is 0 Å². The second-order valence-corrected chi connectivity index (χ2v) is 4.43. The van der Waals surface area contributed by atoms with Gasteiger partial charge in [-0.3, -0.25) is 0 Å². The molecule has 0 aliphatic carbocycles. The van der Waals surface area contributed by atoms with Crippen LogP contribution in [0.5, 0.6) is 11.5 Å². The smallest absolute Gasteiger partial charge is 0.122 e. The molecule has 0 unspecified atom stereocenters. The van der Waals surface area contributed by atoms with Gasteiger partial charge in [-0.15, -0.1) is 0 Å². The van der Waals surface area contributed by atoms with Crippen molar-refractivity contribution in [1.82, 2.24) is 0 Å². The molecule has 0 radical (unpaired) electrons. The average molecular weight is 268 g/mol. The summed E-state index contributed by atoms with van der Waals surface area (Å²) < 4.78 is 10.5. The molecule has 4 nitrogen and oxygen atoms in total. The molecule has 0 aliphatic rings. The Morgan fingerprint density at radius 2 is 1.65 bits per heavy atom. The lowest BCUT2D eigenvalue weighted by atomic mass is 10.0. The van der Waals surface area contributed by atoms with Gasteiger partial charge in [0, 0.05) is 11.8 Å². The third-order valence-corrected chi connectivity index (χ3v) is 3.06. The highest BCUT2D eigenvalue weighted by Gasteiger charge is 2.05. The van der Waals surface area contributed by atoms with E-state index in [-0.39, 0.29) is 0 Å². The summed E-state index contributed by atoms with van der Waals surface area (Å²) in [6.45, 7) is 0. The Morgan fingerprint density at radius 3 is 2.20 bits per heavy atom. The van der Waals surface area contributed by atoms with E-state index in [1.54, 1.807) is 26.4 Å². The summed E-state index contributed by atoms with van der Waals surface area (Å²) in [5.41, 5.74) is 8.79. The molecule has 0 saturated heterocycles. The van der Waals surface area contributed by atoms with Crippen LogP contribution in [0, 0.1) is 11.3 Å². The van der Waals surface area contributed by atoms with Gasteiger partial charge >= 0.3 is 0 Å². The molecule has 0 atom stereocenters. The lowest BCUT2D eigenvalue weighted by Gasteiger charge is -2.09. The Labute approximate surface area is 118 Å². The number of rotatable bonds is 4. The number of nitriles is 1. The zero-order valence-corrected chi connectivity index (χ0v) is 11.5. The largest absolute Gasteiger partial charge is 0.497 e. The maximum Gasteiger partial charge on any atom is 0.122 e. The highest BCUT2D eigenvalue weighted by atomic mass is 16.5. The van der Waals surface area contributed by atoms with Gasteiger partial charge in [0.2, 0.25) is 0 Å². The molecule has 0 heterocycles. The quantitative estimate of drug-likeness (QED) is 0.866. The summed E-state index contributed by atoms with van der Waals surface area (Å²) in [5.74, 6) is 1.49. The Morgan fingerprint density at radius 1 is 1.00 bits per heavy atom. The zero-order chi connectivity index (χ0) is 14.5. The Balaban J connectivity index is 2.32. The summed E-state index contributed by atoms with van der Waals surface area (Å²) in [6.07, 6.45) is 0.683. The Bertz CT molecular complexity index is 638. The predicted octanol–water partition coefficient (Wildman–Crippen LogP) is 2.75. The SMILES string of the molecule is COc1cc(Cc2ccc(N)c(C#N)c2)cc(OC)c1. The Hall–Kier alpha value is -2.67. The number of nitrogen functional groups attached to an aromatic ring is 1. The van der Waals surface area contributed by atoms with Crippen LogP contribution < -0.4 is 15.2 Å². The van der Waals surface area contributed by atoms with Gasteiger partial charge < -0.3 is 15.2 Å². The standard InChI is InChI=1S/C16H16N2O2/c1-19-14-7-12(8-15(9-14)20-2)5-11-3-4-16(18)13(6-11)10-17/h3-4,6-9H,5,18H2,1-2H3. The van der Waals surface area contributed by atoms with Crippen molar-refractivity contribution in [1.29, 1.82) is 5.26 Å². The van der Waals surface area contributed by atoms with E-state index >= 15 is 0 Å². The van der Waals surface area contributed by atoms with Crippen molar-refractivity contribution in [2.45, 2.75) is 6.42 Å². The molecule has 2 N–H and O–H groups in total. The van der Waals surface area contributed by atoms with E-state index in [1.807, 2.05) is 24.3 Å². The topological polar surface area (TPSA) is 68.3 Å². The fraction of sp³-hybridized carbons (Fsp3) is 0.188. The molecule has 0 aliphatic heterocycles. The van der Waals surface area contributed by atoms with Crippen LogP contribution in [0.2, 0.25) is 0 Å². The van der Waals surface area contributed by atoms with Gasteiger partial charge in [0.25, 0.3) is 0 Å². The molecule has 20 heavy (non-hydrogen) atoms. The second kappa shape index (κ2) is 5.98. The molecular weight excluding hydrogens is 252 g/mol. The normalized spacial score (nSPS) is 9.85. The summed E-state index contributed by atoms with van der Waals surface area (Å²) in [7, 11) is 3.24. The van der Waals surface area contributed by atoms with Gasteiger partial charge in [-0.2, -0.15) is 5.26 Å². The van der Waals surface area contributed by atoms with E-state index in [0.29, 0.717) is 17.7 Å². The highest BCUT2D eigenvalue weighted by molar-refractivity contribution is 5.55. The van der Waals surface area contributed by atoms with Crippen LogP contribution in [0.4, 0.5) is 5.69 Å². The lowest BCUT2D eigenvalue weighted by Crippen LogP contribution is -1.95. The maximum atomic E-state index is 9.00. The van der Waals surface area contributed by atoms with Gasteiger partial charge in [0.1, 0.15) is 17.6 Å². The van der Waals surface area contributed by atoms with E-state index in [2.05, 4.69) is 6.07 Å². The summed E-state index contributed by atoms with van der Waals surface area (Å²) in [5, 5.41) is 9.00. The number of ether oxygens (including phenoxy) is 2. The van der Waals surface area contributed by atoms with Gasteiger partial charge in [-0.05, 0) is 41.8 Å². The minimum Gasteiger partial charge on any atom is -0.497 e. The van der Waals surface area contributed by atoms with Crippen molar-refractivity contribution in [2.24, 2.45) is 0 Å². The van der Waals surface area contributed by atoms with E-state index in [0.717, 1.165) is 22.6 Å². The van der Waals surface area contributed by atoms with E-state index in [1.165, 1.54) is 0 Å². The monoisotopic (exact) mass is 268 g/mol. The molecule has 4 heteroatoms. The van der Waals surface area contributed by atoms with Gasteiger partial charge in [0.05, 0.1) is 19.8 Å². The third kappa shape index (κ3) is 3.01. The summed E-state index contributed by atoms with van der Waals surface area (Å²) in [6, 6.07) is 13.3. The molecule has 0 saturated carbocycles. The first-order valence-corrected chi connectivity index (χ1v) is 6.16. The van der Waals surface area contributed by atoms with Crippen molar-refractivity contribution >= 4 is 5.69 Å². The number of methoxy groups -OCH3 is 2.